The van der Waals surface area contributed by atoms with Gasteiger partial charge in [-0.3, -0.25) is 0 Å². The second kappa shape index (κ2) is 14.9. The number of anilines is 4. The first-order valence-corrected chi connectivity index (χ1v) is 21.6. The zero-order chi connectivity index (χ0) is 41.7. The average Bonchev–Trinajstić information content (AvgIpc) is 3.89. The zero-order valence-corrected chi connectivity index (χ0v) is 39.2. The third-order valence-corrected chi connectivity index (χ3v) is 13.0. The van der Waals surface area contributed by atoms with Crippen molar-refractivity contribution in [1.29, 1.82) is 0 Å². The predicted octanol–water partition coefficient (Wildman–Crippen LogP) is 15.2. The molecule has 7 heteroatoms. The Morgan fingerprint density at radius 2 is 1.31 bits per heavy atom. The van der Waals surface area contributed by atoms with Gasteiger partial charge in [-0.25, -0.2) is 4.98 Å². The molecule has 1 aliphatic heterocycles. The third-order valence-electron chi connectivity index (χ3n) is 11.8. The molecule has 10 rings (SSSR count). The van der Waals surface area contributed by atoms with E-state index in [1.807, 2.05) is 23.6 Å². The van der Waals surface area contributed by atoms with Crippen LogP contribution in [0.25, 0.3) is 47.8 Å². The minimum Gasteiger partial charge on any atom is -0.509 e. The van der Waals surface area contributed by atoms with Crippen molar-refractivity contribution in [2.45, 2.75) is 78.6 Å². The summed E-state index contributed by atoms with van der Waals surface area (Å²) in [7, 11) is 0. The molecule has 310 valence electrons. The van der Waals surface area contributed by atoms with Gasteiger partial charge in [0.1, 0.15) is 5.82 Å². The Labute approximate surface area is 377 Å². The van der Waals surface area contributed by atoms with Gasteiger partial charge in [-0.1, -0.05) is 128 Å². The first-order chi connectivity index (χ1) is 28.6. The summed E-state index contributed by atoms with van der Waals surface area (Å²) in [4.78, 5) is 9.53. The first-order valence-electron chi connectivity index (χ1n) is 20.8. The van der Waals surface area contributed by atoms with Gasteiger partial charge < -0.3 is 19.1 Å². The Morgan fingerprint density at radius 1 is 0.607 bits per heavy atom. The Morgan fingerprint density at radius 3 is 2.07 bits per heavy atom. The number of ether oxygens (including phenoxy) is 1. The van der Waals surface area contributed by atoms with E-state index in [-0.39, 0.29) is 37.3 Å². The zero-order valence-electron chi connectivity index (χ0n) is 36.1. The summed E-state index contributed by atoms with van der Waals surface area (Å²) in [6, 6.07) is 51.0. The smallest absolute Gasteiger partial charge is 0.135 e. The van der Waals surface area contributed by atoms with Gasteiger partial charge in [-0.2, -0.15) is 6.07 Å². The van der Waals surface area contributed by atoms with E-state index in [1.54, 1.807) is 0 Å². The summed E-state index contributed by atoms with van der Waals surface area (Å²) in [6.45, 7) is 22.4. The largest absolute Gasteiger partial charge is 0.509 e. The summed E-state index contributed by atoms with van der Waals surface area (Å²) in [6.07, 6.45) is 1.94. The molecule has 0 amide bonds. The van der Waals surface area contributed by atoms with E-state index in [1.165, 1.54) is 36.7 Å². The molecule has 3 aromatic heterocycles. The standard InChI is InChI=1S/C54H49N4OS.Pt/c1-52(2,3)35-16-14-17-38(27-35)56-33-57(45-20-13-12-19-44(45)56)39-28-37(54(7,8)9)29-41(31-39)59-40-22-23-43-46(32-40)58(48-30-36(25-26-55-48)53(4,5)6)50-49-42-18-11-10-15-34(42)21-24-47(49)60-51(43)50;/h10-30,33H,1-9H3;/q-3;. The summed E-state index contributed by atoms with van der Waals surface area (Å²) in [5.74, 6) is 2.12. The monoisotopic (exact) mass is 996 g/mol. The van der Waals surface area contributed by atoms with Crippen LogP contribution >= 0.6 is 11.3 Å². The van der Waals surface area contributed by atoms with Gasteiger partial charge in [-0.15, -0.1) is 59.6 Å². The van der Waals surface area contributed by atoms with Crippen LogP contribution in [-0.4, -0.2) is 9.55 Å². The van der Waals surface area contributed by atoms with Crippen LogP contribution in [0, 0.1) is 18.8 Å². The fourth-order valence-electron chi connectivity index (χ4n) is 8.38. The minimum absolute atomic E-state index is 0. The van der Waals surface area contributed by atoms with Crippen molar-refractivity contribution in [2.75, 3.05) is 9.80 Å². The van der Waals surface area contributed by atoms with Crippen molar-refractivity contribution in [1.82, 2.24) is 9.55 Å². The number of benzene rings is 6. The molecule has 5 nitrogen and oxygen atoms in total. The van der Waals surface area contributed by atoms with Crippen LogP contribution in [-0.2, 0) is 37.3 Å². The maximum atomic E-state index is 6.88. The van der Waals surface area contributed by atoms with Crippen molar-refractivity contribution in [3.63, 3.8) is 0 Å². The van der Waals surface area contributed by atoms with Crippen molar-refractivity contribution in [3.8, 4) is 17.3 Å². The Hall–Kier alpha value is -5.42. The number of fused-ring (bicyclic) bond motifs is 8. The molecule has 0 fully saturated rings. The third kappa shape index (κ3) is 7.22. The Kier molecular flexibility index (Phi) is 10.00. The SMILES string of the molecule is CC(C)(C)c1cc(Oc2[c-]c3c(cc2)c2sc4ccc5ccccc5c4c2n3-c2cc(C(C)(C)C)ccn2)[c-]c(N2[CH-]N(c3cccc(C(C)(C)C)c3)c3ccccc32)c1.[Pt]. The quantitative estimate of drug-likeness (QED) is 0.161. The second-order valence-corrected chi connectivity index (χ2v) is 20.2. The van der Waals surface area contributed by atoms with Crippen LogP contribution in [0.5, 0.6) is 11.5 Å². The normalized spacial score (nSPS) is 13.4. The molecule has 4 heterocycles. The molecule has 0 spiro atoms. The first kappa shape index (κ1) is 41.0. The van der Waals surface area contributed by atoms with Gasteiger partial charge in [0, 0.05) is 70.6 Å². The van der Waals surface area contributed by atoms with Gasteiger partial charge in [0.15, 0.2) is 0 Å². The van der Waals surface area contributed by atoms with Gasteiger partial charge in [0.2, 0.25) is 0 Å². The fourth-order valence-corrected chi connectivity index (χ4v) is 9.61. The van der Waals surface area contributed by atoms with Gasteiger partial charge in [0.05, 0.1) is 5.52 Å². The molecule has 0 radical (unpaired) electrons. The minimum atomic E-state index is -0.151. The maximum absolute atomic E-state index is 6.88. The van der Waals surface area contributed by atoms with Gasteiger partial charge in [0.25, 0.3) is 0 Å². The van der Waals surface area contributed by atoms with Crippen LogP contribution in [0.1, 0.15) is 79.0 Å². The number of hydrogen-bond acceptors (Lipinski definition) is 5. The van der Waals surface area contributed by atoms with E-state index in [4.69, 9.17) is 9.72 Å². The van der Waals surface area contributed by atoms with Crippen LogP contribution in [0.15, 0.2) is 128 Å². The number of hydrogen-bond donors (Lipinski definition) is 0. The molecular formula is C54H49N4OPtS-3. The van der Waals surface area contributed by atoms with Crippen LogP contribution < -0.4 is 14.5 Å². The molecule has 0 saturated carbocycles. The molecule has 0 N–H and O–H groups in total. The number of thiophene rings is 1. The molecule has 9 aromatic rings. The Balaban J connectivity index is 0.00000476. The molecule has 0 aliphatic carbocycles. The molecular weight excluding hydrogens is 948 g/mol. The second-order valence-electron chi connectivity index (χ2n) is 19.1. The van der Waals surface area contributed by atoms with E-state index in [0.717, 1.165) is 50.6 Å². The number of para-hydroxylation sites is 2. The molecule has 6 aromatic carbocycles. The molecule has 0 unspecified atom stereocenters. The molecule has 0 atom stereocenters. The van der Waals surface area contributed by atoms with Gasteiger partial charge in [-0.05, 0) is 80.6 Å². The van der Waals surface area contributed by atoms with Crippen molar-refractivity contribution in [2.24, 2.45) is 0 Å². The maximum Gasteiger partial charge on any atom is 0.135 e. The van der Waals surface area contributed by atoms with E-state index in [9.17, 15) is 0 Å². The molecule has 61 heavy (non-hydrogen) atoms. The van der Waals surface area contributed by atoms with E-state index >= 15 is 0 Å². The number of nitrogens with zero attached hydrogens (tertiary/aromatic N) is 4. The summed E-state index contributed by atoms with van der Waals surface area (Å²) < 4.78 is 11.7. The summed E-state index contributed by atoms with van der Waals surface area (Å²) in [5.41, 5.74) is 9.81. The predicted molar refractivity (Wildman–Crippen MR) is 253 cm³/mol. The van der Waals surface area contributed by atoms with Crippen molar-refractivity contribution >= 4 is 76.1 Å². The number of aromatic nitrogens is 2. The fraction of sp³-hybridized carbons (Fsp3) is 0.222. The van der Waals surface area contributed by atoms with Crippen LogP contribution in [0.4, 0.5) is 22.7 Å². The van der Waals surface area contributed by atoms with E-state index < -0.39 is 0 Å². The summed E-state index contributed by atoms with van der Waals surface area (Å²) >= 11 is 1.83. The van der Waals surface area contributed by atoms with Gasteiger partial charge >= 0.3 is 0 Å². The van der Waals surface area contributed by atoms with Crippen LogP contribution in [0.3, 0.4) is 0 Å². The summed E-state index contributed by atoms with van der Waals surface area (Å²) in [5, 5.41) is 4.81. The molecule has 0 saturated heterocycles. The molecule has 0 bridgehead atoms. The van der Waals surface area contributed by atoms with E-state index in [2.05, 4.69) is 211 Å². The van der Waals surface area contributed by atoms with Crippen molar-refractivity contribution in [3.05, 3.63) is 163 Å². The average molecular weight is 997 g/mol. The topological polar surface area (TPSA) is 33.5 Å². The van der Waals surface area contributed by atoms with Crippen molar-refractivity contribution < 1.29 is 25.8 Å². The Bertz CT molecular complexity index is 3140. The molecule has 1 aliphatic rings. The number of pyridine rings is 1. The number of rotatable bonds is 5. The van der Waals surface area contributed by atoms with E-state index in [0.29, 0.717) is 11.5 Å². The van der Waals surface area contributed by atoms with Crippen LogP contribution in [0.2, 0.25) is 0 Å².